The molecule has 0 saturated heterocycles. The van der Waals surface area contributed by atoms with Gasteiger partial charge in [-0.3, -0.25) is 4.79 Å². The molecule has 1 amide bonds. The van der Waals surface area contributed by atoms with Gasteiger partial charge >= 0.3 is 0 Å². The number of furan rings is 1. The summed E-state index contributed by atoms with van der Waals surface area (Å²) in [5, 5.41) is 5.78. The van der Waals surface area contributed by atoms with Crippen molar-refractivity contribution >= 4 is 23.2 Å². The van der Waals surface area contributed by atoms with Crippen molar-refractivity contribution in [2.45, 2.75) is 26.4 Å². The zero-order valence-corrected chi connectivity index (χ0v) is 15.6. The van der Waals surface area contributed by atoms with Crippen LogP contribution >= 0.6 is 11.6 Å². The van der Waals surface area contributed by atoms with Crippen molar-refractivity contribution in [2.24, 2.45) is 0 Å². The summed E-state index contributed by atoms with van der Waals surface area (Å²) in [5.74, 6) is 0.825. The summed E-state index contributed by atoms with van der Waals surface area (Å²) in [5.41, 5.74) is 3.45. The van der Waals surface area contributed by atoms with Gasteiger partial charge in [-0.15, -0.1) is 0 Å². The molecular weight excluding hydrogens is 348 g/mol. The first-order valence-corrected chi connectivity index (χ1v) is 8.94. The molecule has 1 aromatic heterocycles. The van der Waals surface area contributed by atoms with Gasteiger partial charge in [0.15, 0.2) is 5.76 Å². The summed E-state index contributed by atoms with van der Waals surface area (Å²) < 4.78 is 5.41. The maximum Gasteiger partial charge on any atom is 0.255 e. The Morgan fingerprint density at radius 3 is 2.62 bits per heavy atom. The van der Waals surface area contributed by atoms with Gasteiger partial charge in [0.1, 0.15) is 12.6 Å². The Morgan fingerprint density at radius 2 is 1.96 bits per heavy atom. The number of hydrogen-bond donors (Lipinski definition) is 2. The molecule has 134 valence electrons. The normalized spacial score (nSPS) is 12.0. The fourth-order valence-corrected chi connectivity index (χ4v) is 2.81. The fraction of sp³-hybridized carbons (Fsp3) is 0.190. The van der Waals surface area contributed by atoms with E-state index in [0.717, 1.165) is 29.1 Å². The van der Waals surface area contributed by atoms with Crippen LogP contribution in [-0.4, -0.2) is 5.91 Å². The van der Waals surface area contributed by atoms with Crippen molar-refractivity contribution in [3.8, 4) is 0 Å². The minimum atomic E-state index is -0.133. The van der Waals surface area contributed by atoms with E-state index in [0.29, 0.717) is 10.6 Å². The van der Waals surface area contributed by atoms with Crippen molar-refractivity contribution < 1.29 is 14.5 Å². The molecule has 0 aliphatic heterocycles. The SMILES string of the molecule is Cc1cc(NC(=O)c2ccc(C[NH2+][C@@H](C)c3ccco3)cc2)ccc1Cl. The Labute approximate surface area is 158 Å². The van der Waals surface area contributed by atoms with Gasteiger partial charge in [-0.25, -0.2) is 0 Å². The molecule has 0 unspecified atom stereocenters. The van der Waals surface area contributed by atoms with Crippen LogP contribution in [0.5, 0.6) is 0 Å². The summed E-state index contributed by atoms with van der Waals surface area (Å²) >= 11 is 6.01. The lowest BCUT2D eigenvalue weighted by Crippen LogP contribution is -2.82. The molecule has 0 fully saturated rings. The van der Waals surface area contributed by atoms with Crippen LogP contribution in [0.4, 0.5) is 5.69 Å². The molecule has 2 aromatic carbocycles. The summed E-state index contributed by atoms with van der Waals surface area (Å²) in [6.45, 7) is 4.84. The zero-order chi connectivity index (χ0) is 18.5. The number of nitrogens with two attached hydrogens (primary N) is 1. The lowest BCUT2D eigenvalue weighted by atomic mass is 10.1. The van der Waals surface area contributed by atoms with Gasteiger partial charge in [-0.1, -0.05) is 23.7 Å². The molecule has 0 bridgehead atoms. The predicted molar refractivity (Wildman–Crippen MR) is 103 cm³/mol. The quantitative estimate of drug-likeness (QED) is 0.679. The Morgan fingerprint density at radius 1 is 1.19 bits per heavy atom. The van der Waals surface area contributed by atoms with Crippen molar-refractivity contribution in [3.63, 3.8) is 0 Å². The highest BCUT2D eigenvalue weighted by molar-refractivity contribution is 6.31. The monoisotopic (exact) mass is 369 g/mol. The number of amides is 1. The van der Waals surface area contributed by atoms with Gasteiger partial charge < -0.3 is 15.1 Å². The molecule has 0 radical (unpaired) electrons. The number of benzene rings is 2. The van der Waals surface area contributed by atoms with E-state index in [1.54, 1.807) is 18.4 Å². The standard InChI is InChI=1S/C21H21ClN2O2/c1-14-12-18(9-10-19(14)22)24-21(25)17-7-5-16(6-8-17)13-23-15(2)20-4-3-11-26-20/h3-12,15,23H,13H2,1-2H3,(H,24,25)/p+1/t15-/m0/s1. The van der Waals surface area contributed by atoms with E-state index in [4.69, 9.17) is 16.0 Å². The third-order valence-corrected chi connectivity index (χ3v) is 4.76. The molecule has 0 aliphatic rings. The van der Waals surface area contributed by atoms with E-state index in [2.05, 4.69) is 17.6 Å². The zero-order valence-electron chi connectivity index (χ0n) is 14.8. The number of rotatable bonds is 6. The van der Waals surface area contributed by atoms with Crippen LogP contribution in [-0.2, 0) is 6.54 Å². The number of hydrogen-bond acceptors (Lipinski definition) is 2. The van der Waals surface area contributed by atoms with E-state index in [1.807, 2.05) is 49.4 Å². The molecule has 3 aromatic rings. The average Bonchev–Trinajstić information content (AvgIpc) is 3.18. The van der Waals surface area contributed by atoms with Crippen molar-refractivity contribution in [1.29, 1.82) is 0 Å². The number of nitrogens with one attached hydrogen (secondary N) is 1. The van der Waals surface area contributed by atoms with Crippen LogP contribution in [0.2, 0.25) is 5.02 Å². The number of aryl methyl sites for hydroxylation is 1. The lowest BCUT2D eigenvalue weighted by Gasteiger charge is -2.09. The minimum absolute atomic E-state index is 0.133. The second-order valence-electron chi connectivity index (χ2n) is 6.36. The van der Waals surface area contributed by atoms with Gasteiger partial charge in [-0.05, 0) is 61.9 Å². The topological polar surface area (TPSA) is 58.9 Å². The Hall–Kier alpha value is -2.56. The van der Waals surface area contributed by atoms with E-state index in [1.165, 1.54) is 0 Å². The number of quaternary nitrogens is 1. The molecule has 0 aliphatic carbocycles. The van der Waals surface area contributed by atoms with Gasteiger partial charge in [0.25, 0.3) is 5.91 Å². The second kappa shape index (κ2) is 8.21. The predicted octanol–water partition coefficient (Wildman–Crippen LogP) is 4.32. The van der Waals surface area contributed by atoms with Gasteiger partial charge in [0.05, 0.1) is 6.26 Å². The van der Waals surface area contributed by atoms with Crippen LogP contribution in [0.25, 0.3) is 0 Å². The minimum Gasteiger partial charge on any atom is -0.463 e. The molecule has 0 spiro atoms. The first kappa shape index (κ1) is 18.2. The molecule has 5 heteroatoms. The molecule has 1 atom stereocenters. The third-order valence-electron chi connectivity index (χ3n) is 4.33. The van der Waals surface area contributed by atoms with E-state index < -0.39 is 0 Å². The molecule has 0 saturated carbocycles. The summed E-state index contributed by atoms with van der Waals surface area (Å²) in [6, 6.07) is 17.2. The summed E-state index contributed by atoms with van der Waals surface area (Å²) in [7, 11) is 0. The molecule has 26 heavy (non-hydrogen) atoms. The van der Waals surface area contributed by atoms with E-state index in [-0.39, 0.29) is 11.9 Å². The molecular formula is C21H22ClN2O2+. The van der Waals surface area contributed by atoms with Gasteiger partial charge in [0, 0.05) is 21.8 Å². The van der Waals surface area contributed by atoms with Crippen LogP contribution in [0.15, 0.2) is 65.3 Å². The van der Waals surface area contributed by atoms with Crippen molar-refractivity contribution in [2.75, 3.05) is 5.32 Å². The highest BCUT2D eigenvalue weighted by atomic mass is 35.5. The summed E-state index contributed by atoms with van der Waals surface area (Å²) in [4.78, 5) is 12.4. The first-order chi connectivity index (χ1) is 12.5. The third kappa shape index (κ3) is 4.54. The van der Waals surface area contributed by atoms with Crippen LogP contribution in [0.3, 0.4) is 0 Å². The smallest absolute Gasteiger partial charge is 0.255 e. The fourth-order valence-electron chi connectivity index (χ4n) is 2.70. The summed E-state index contributed by atoms with van der Waals surface area (Å²) in [6.07, 6.45) is 1.69. The largest absolute Gasteiger partial charge is 0.463 e. The van der Waals surface area contributed by atoms with Crippen molar-refractivity contribution in [1.82, 2.24) is 0 Å². The Balaban J connectivity index is 1.58. The number of carbonyl (C=O) groups excluding carboxylic acids is 1. The van der Waals surface area contributed by atoms with Crippen LogP contribution < -0.4 is 10.6 Å². The first-order valence-electron chi connectivity index (χ1n) is 8.56. The van der Waals surface area contributed by atoms with Crippen LogP contribution in [0.1, 0.15) is 40.2 Å². The van der Waals surface area contributed by atoms with Gasteiger partial charge in [-0.2, -0.15) is 0 Å². The van der Waals surface area contributed by atoms with Crippen molar-refractivity contribution in [3.05, 3.63) is 88.3 Å². The van der Waals surface area contributed by atoms with Gasteiger partial charge in [0.2, 0.25) is 0 Å². The van der Waals surface area contributed by atoms with E-state index in [9.17, 15) is 4.79 Å². The molecule has 3 N–H and O–H groups in total. The lowest BCUT2D eigenvalue weighted by molar-refractivity contribution is -0.709. The van der Waals surface area contributed by atoms with E-state index >= 15 is 0 Å². The average molecular weight is 370 g/mol. The number of halogens is 1. The maximum atomic E-state index is 12.4. The second-order valence-corrected chi connectivity index (χ2v) is 6.77. The molecule has 1 heterocycles. The molecule has 4 nitrogen and oxygen atoms in total. The maximum absolute atomic E-state index is 12.4. The molecule has 3 rings (SSSR count). The Bertz CT molecular complexity index is 874. The highest BCUT2D eigenvalue weighted by Crippen LogP contribution is 2.20. The number of carbonyl (C=O) groups is 1. The van der Waals surface area contributed by atoms with Crippen LogP contribution in [0, 0.1) is 6.92 Å². The Kier molecular flexibility index (Phi) is 5.76. The number of anilines is 1. The highest BCUT2D eigenvalue weighted by Gasteiger charge is 2.12.